The van der Waals surface area contributed by atoms with Crippen LogP contribution in [-0.4, -0.2) is 44.0 Å². The molecule has 2 saturated carbocycles. The Morgan fingerprint density at radius 2 is 2.00 bits per heavy atom. The van der Waals surface area contributed by atoms with Gasteiger partial charge in [0.15, 0.2) is 0 Å². The van der Waals surface area contributed by atoms with Crippen molar-refractivity contribution in [1.82, 2.24) is 10.6 Å². The summed E-state index contributed by atoms with van der Waals surface area (Å²) in [6, 6.07) is 0.0397. The van der Waals surface area contributed by atoms with Crippen LogP contribution in [0.2, 0.25) is 0 Å². The summed E-state index contributed by atoms with van der Waals surface area (Å²) in [6.07, 6.45) is 10.1. The van der Waals surface area contributed by atoms with Gasteiger partial charge in [0.25, 0.3) is 0 Å². The van der Waals surface area contributed by atoms with Crippen LogP contribution in [0.3, 0.4) is 0 Å². The van der Waals surface area contributed by atoms with Crippen molar-refractivity contribution in [2.75, 3.05) is 26.9 Å². The number of nitrogens with one attached hydrogen (secondary N) is 2. The number of hydrogen-bond donors (Lipinski definition) is 3. The molecule has 0 aliphatic heterocycles. The van der Waals surface area contributed by atoms with Gasteiger partial charge in [-0.2, -0.15) is 0 Å². The topological polar surface area (TPSA) is 70.6 Å². The van der Waals surface area contributed by atoms with Crippen molar-refractivity contribution in [3.63, 3.8) is 0 Å². The van der Waals surface area contributed by atoms with Gasteiger partial charge < -0.3 is 20.5 Å². The molecule has 0 bridgehead atoms. The van der Waals surface area contributed by atoms with Crippen LogP contribution in [-0.2, 0) is 4.74 Å². The molecular formula is C17H32N2O3. The molecule has 128 valence electrons. The first-order valence-electron chi connectivity index (χ1n) is 8.83. The van der Waals surface area contributed by atoms with E-state index >= 15 is 0 Å². The molecule has 2 amide bonds. The number of aliphatic hydroxyl groups excluding tert-OH is 1. The molecule has 0 aromatic heterocycles. The van der Waals surface area contributed by atoms with Gasteiger partial charge in [-0.3, -0.25) is 0 Å². The smallest absolute Gasteiger partial charge is 0.315 e. The van der Waals surface area contributed by atoms with Gasteiger partial charge in [0.1, 0.15) is 0 Å². The third-order valence-corrected chi connectivity index (χ3v) is 5.58. The van der Waals surface area contributed by atoms with Crippen LogP contribution in [0.15, 0.2) is 0 Å². The van der Waals surface area contributed by atoms with Gasteiger partial charge >= 0.3 is 6.03 Å². The molecule has 2 aliphatic carbocycles. The molecule has 2 rings (SSSR count). The highest BCUT2D eigenvalue weighted by molar-refractivity contribution is 5.74. The maximum Gasteiger partial charge on any atom is 0.315 e. The zero-order valence-electron chi connectivity index (χ0n) is 13.9. The zero-order chi connectivity index (χ0) is 15.8. The summed E-state index contributed by atoms with van der Waals surface area (Å²) in [4.78, 5) is 12.2. The summed E-state index contributed by atoms with van der Waals surface area (Å²) >= 11 is 0. The maximum atomic E-state index is 12.2. The van der Waals surface area contributed by atoms with Gasteiger partial charge in [0, 0.05) is 38.8 Å². The van der Waals surface area contributed by atoms with Crippen LogP contribution < -0.4 is 10.6 Å². The van der Waals surface area contributed by atoms with Crippen LogP contribution in [0.25, 0.3) is 0 Å². The number of carbonyl (C=O) groups excluding carboxylic acids is 1. The van der Waals surface area contributed by atoms with E-state index in [9.17, 15) is 9.90 Å². The number of amides is 2. The van der Waals surface area contributed by atoms with Crippen molar-refractivity contribution in [3.8, 4) is 0 Å². The average Bonchev–Trinajstić information content (AvgIpc) is 2.71. The van der Waals surface area contributed by atoms with Crippen molar-refractivity contribution in [3.05, 3.63) is 0 Å². The van der Waals surface area contributed by atoms with E-state index in [0.29, 0.717) is 0 Å². The molecular weight excluding hydrogens is 280 g/mol. The fourth-order valence-corrected chi connectivity index (χ4v) is 3.79. The van der Waals surface area contributed by atoms with E-state index in [4.69, 9.17) is 4.74 Å². The highest BCUT2D eigenvalue weighted by Gasteiger charge is 2.37. The molecule has 5 nitrogen and oxygen atoms in total. The quantitative estimate of drug-likeness (QED) is 0.632. The Labute approximate surface area is 134 Å². The highest BCUT2D eigenvalue weighted by Crippen LogP contribution is 2.43. The molecule has 0 aromatic carbocycles. The van der Waals surface area contributed by atoms with Crippen molar-refractivity contribution < 1.29 is 14.6 Å². The number of hydrogen-bond acceptors (Lipinski definition) is 3. The third kappa shape index (κ3) is 4.85. The van der Waals surface area contributed by atoms with Gasteiger partial charge in [-0.25, -0.2) is 4.79 Å². The van der Waals surface area contributed by atoms with Crippen molar-refractivity contribution in [2.45, 2.75) is 63.8 Å². The maximum absolute atomic E-state index is 12.2. The van der Waals surface area contributed by atoms with Crippen molar-refractivity contribution in [2.24, 2.45) is 11.3 Å². The molecule has 0 saturated heterocycles. The number of ether oxygens (including phenoxy) is 1. The summed E-state index contributed by atoms with van der Waals surface area (Å²) < 4.78 is 5.19. The number of carbonyl (C=O) groups is 1. The lowest BCUT2D eigenvalue weighted by atomic mass is 9.67. The second kappa shape index (κ2) is 8.73. The minimum Gasteiger partial charge on any atom is -0.396 e. The highest BCUT2D eigenvalue weighted by atomic mass is 16.5. The van der Waals surface area contributed by atoms with Crippen molar-refractivity contribution in [1.29, 1.82) is 0 Å². The molecule has 0 radical (unpaired) electrons. The predicted molar refractivity (Wildman–Crippen MR) is 86.8 cm³/mol. The average molecular weight is 312 g/mol. The fraction of sp³-hybridized carbons (Fsp3) is 0.941. The SMILES string of the molecule is COCCC1(CNC(=O)NC2CCCCCC2CO)CCC1. The van der Waals surface area contributed by atoms with Gasteiger partial charge in [-0.15, -0.1) is 0 Å². The molecule has 3 N–H and O–H groups in total. The lowest BCUT2D eigenvalue weighted by Crippen LogP contribution is -2.50. The Balaban J connectivity index is 1.76. The Morgan fingerprint density at radius 1 is 1.23 bits per heavy atom. The first-order valence-corrected chi connectivity index (χ1v) is 8.83. The standard InChI is InChI=1S/C17H32N2O3/c1-22-11-10-17(8-5-9-17)13-18-16(21)19-15-7-4-2-3-6-14(15)12-20/h14-15,20H,2-13H2,1H3,(H2,18,19,21). The molecule has 2 fully saturated rings. The first-order chi connectivity index (χ1) is 10.7. The summed E-state index contributed by atoms with van der Waals surface area (Å²) in [5.74, 6) is 0.208. The minimum atomic E-state index is -0.0750. The van der Waals surface area contributed by atoms with Crippen LogP contribution in [0.1, 0.15) is 57.8 Å². The van der Waals surface area contributed by atoms with Gasteiger partial charge in [-0.1, -0.05) is 25.7 Å². The van der Waals surface area contributed by atoms with E-state index in [0.717, 1.165) is 45.3 Å². The Morgan fingerprint density at radius 3 is 2.64 bits per heavy atom. The lowest BCUT2D eigenvalue weighted by molar-refractivity contribution is 0.0708. The van der Waals surface area contributed by atoms with Gasteiger partial charge in [0.05, 0.1) is 0 Å². The monoisotopic (exact) mass is 312 g/mol. The van der Waals surface area contributed by atoms with Gasteiger partial charge in [-0.05, 0) is 37.5 Å². The van der Waals surface area contributed by atoms with Crippen LogP contribution in [0.5, 0.6) is 0 Å². The molecule has 0 heterocycles. The van der Waals surface area contributed by atoms with E-state index in [1.54, 1.807) is 7.11 Å². The number of methoxy groups -OCH3 is 1. The molecule has 5 heteroatoms. The number of aliphatic hydroxyl groups is 1. The normalized spacial score (nSPS) is 27.5. The summed E-state index contributed by atoms with van der Waals surface area (Å²) in [5, 5.41) is 15.7. The number of rotatable bonds is 7. The largest absolute Gasteiger partial charge is 0.396 e. The molecule has 0 aromatic rings. The van der Waals surface area contributed by atoms with E-state index in [-0.39, 0.29) is 30.0 Å². The molecule has 0 spiro atoms. The van der Waals surface area contributed by atoms with E-state index < -0.39 is 0 Å². The second-order valence-electron chi connectivity index (χ2n) is 7.11. The molecule has 2 atom stereocenters. The first kappa shape index (κ1) is 17.5. The Bertz CT molecular complexity index is 345. The van der Waals surface area contributed by atoms with Crippen LogP contribution >= 0.6 is 0 Å². The van der Waals surface area contributed by atoms with E-state index in [1.807, 2.05) is 0 Å². The number of urea groups is 1. The summed E-state index contributed by atoms with van der Waals surface area (Å²) in [5.41, 5.74) is 0.243. The van der Waals surface area contributed by atoms with Gasteiger partial charge in [0.2, 0.25) is 0 Å². The Kier molecular flexibility index (Phi) is 6.96. The van der Waals surface area contributed by atoms with Crippen LogP contribution in [0, 0.1) is 11.3 Å². The Hall–Kier alpha value is -0.810. The third-order valence-electron chi connectivity index (χ3n) is 5.58. The van der Waals surface area contributed by atoms with E-state index in [2.05, 4.69) is 10.6 Å². The van der Waals surface area contributed by atoms with Crippen LogP contribution in [0.4, 0.5) is 4.79 Å². The zero-order valence-corrected chi connectivity index (χ0v) is 13.9. The summed E-state index contributed by atoms with van der Waals surface area (Å²) in [7, 11) is 1.73. The summed E-state index contributed by atoms with van der Waals surface area (Å²) in [6.45, 7) is 1.67. The lowest BCUT2D eigenvalue weighted by Gasteiger charge is -2.42. The molecule has 2 unspecified atom stereocenters. The minimum absolute atomic E-state index is 0.0750. The molecule has 2 aliphatic rings. The van der Waals surface area contributed by atoms with E-state index in [1.165, 1.54) is 25.7 Å². The predicted octanol–water partition coefficient (Wildman–Crippen LogP) is 2.43. The molecule has 22 heavy (non-hydrogen) atoms. The second-order valence-corrected chi connectivity index (χ2v) is 7.11. The fourth-order valence-electron chi connectivity index (χ4n) is 3.79. The van der Waals surface area contributed by atoms with Crippen molar-refractivity contribution >= 4 is 6.03 Å².